The molecular formula is C14H16N2. The van der Waals surface area contributed by atoms with Crippen LogP contribution in [-0.2, 0) is 0 Å². The lowest BCUT2D eigenvalue weighted by atomic mass is 9.80. The van der Waals surface area contributed by atoms with Gasteiger partial charge in [-0.05, 0) is 24.6 Å². The minimum atomic E-state index is 0.185. The van der Waals surface area contributed by atoms with Crippen molar-refractivity contribution in [2.45, 2.75) is 20.3 Å². The SMILES string of the molecule is CC1(C)CC=CC2=C1Nc1ccccc1N2. The van der Waals surface area contributed by atoms with Crippen LogP contribution >= 0.6 is 0 Å². The molecular weight excluding hydrogens is 196 g/mol. The van der Waals surface area contributed by atoms with Gasteiger partial charge in [0.1, 0.15) is 0 Å². The van der Waals surface area contributed by atoms with Gasteiger partial charge in [-0.25, -0.2) is 0 Å². The van der Waals surface area contributed by atoms with Gasteiger partial charge in [-0.2, -0.15) is 0 Å². The van der Waals surface area contributed by atoms with Gasteiger partial charge in [0, 0.05) is 11.1 Å². The molecule has 2 N–H and O–H groups in total. The van der Waals surface area contributed by atoms with Crippen molar-refractivity contribution in [3.63, 3.8) is 0 Å². The van der Waals surface area contributed by atoms with E-state index in [1.807, 2.05) is 0 Å². The smallest absolute Gasteiger partial charge is 0.0623 e. The maximum Gasteiger partial charge on any atom is 0.0623 e. The molecule has 3 rings (SSSR count). The minimum absolute atomic E-state index is 0.185. The van der Waals surface area contributed by atoms with Crippen molar-refractivity contribution >= 4 is 11.4 Å². The summed E-state index contributed by atoms with van der Waals surface area (Å²) < 4.78 is 0. The number of para-hydroxylation sites is 2. The third kappa shape index (κ3) is 1.33. The third-order valence-electron chi connectivity index (χ3n) is 3.31. The van der Waals surface area contributed by atoms with Gasteiger partial charge in [-0.1, -0.05) is 32.1 Å². The Morgan fingerprint density at radius 1 is 1.06 bits per heavy atom. The molecule has 2 heteroatoms. The third-order valence-corrected chi connectivity index (χ3v) is 3.31. The second-order valence-electron chi connectivity index (χ2n) is 5.07. The second kappa shape index (κ2) is 3.14. The van der Waals surface area contributed by atoms with Crippen LogP contribution in [0, 0.1) is 5.41 Å². The van der Waals surface area contributed by atoms with Crippen LogP contribution in [0.25, 0.3) is 0 Å². The van der Waals surface area contributed by atoms with E-state index in [1.165, 1.54) is 17.1 Å². The molecule has 1 aliphatic carbocycles. The summed E-state index contributed by atoms with van der Waals surface area (Å²) in [4.78, 5) is 0. The molecule has 0 spiro atoms. The van der Waals surface area contributed by atoms with E-state index in [2.05, 4.69) is 60.9 Å². The number of anilines is 2. The van der Waals surface area contributed by atoms with E-state index in [0.29, 0.717) is 0 Å². The Bertz CT molecular complexity index is 495. The van der Waals surface area contributed by atoms with Crippen LogP contribution < -0.4 is 10.6 Å². The summed E-state index contributed by atoms with van der Waals surface area (Å²) in [6.45, 7) is 4.54. The molecule has 0 fully saturated rings. The minimum Gasteiger partial charge on any atom is -0.355 e. The molecule has 2 nitrogen and oxygen atoms in total. The van der Waals surface area contributed by atoms with Crippen LogP contribution in [0.3, 0.4) is 0 Å². The molecule has 1 aromatic rings. The van der Waals surface area contributed by atoms with Crippen molar-refractivity contribution in [1.29, 1.82) is 0 Å². The van der Waals surface area contributed by atoms with E-state index in [0.717, 1.165) is 12.1 Å². The van der Waals surface area contributed by atoms with E-state index >= 15 is 0 Å². The predicted molar refractivity (Wildman–Crippen MR) is 68.3 cm³/mol. The van der Waals surface area contributed by atoms with E-state index in [4.69, 9.17) is 0 Å². The maximum absolute atomic E-state index is 3.56. The Kier molecular flexibility index (Phi) is 1.87. The molecule has 82 valence electrons. The zero-order valence-corrected chi connectivity index (χ0v) is 9.67. The zero-order chi connectivity index (χ0) is 11.2. The van der Waals surface area contributed by atoms with Gasteiger partial charge in [-0.15, -0.1) is 0 Å². The standard InChI is InChI=1S/C14H16N2/c1-14(2)9-5-8-12-13(14)16-11-7-4-3-6-10(11)15-12/h3-8,15-16H,9H2,1-2H3. The van der Waals surface area contributed by atoms with Crippen LogP contribution in [0.5, 0.6) is 0 Å². The average molecular weight is 212 g/mol. The van der Waals surface area contributed by atoms with Crippen LogP contribution in [0.1, 0.15) is 20.3 Å². The lowest BCUT2D eigenvalue weighted by molar-refractivity contribution is 0.447. The number of hydrogen-bond acceptors (Lipinski definition) is 2. The molecule has 0 unspecified atom stereocenters. The Balaban J connectivity index is 2.08. The summed E-state index contributed by atoms with van der Waals surface area (Å²) in [7, 11) is 0. The molecule has 0 atom stereocenters. The van der Waals surface area contributed by atoms with Crippen molar-refractivity contribution in [1.82, 2.24) is 0 Å². The first-order valence-corrected chi connectivity index (χ1v) is 5.71. The van der Waals surface area contributed by atoms with Crippen LogP contribution in [0.4, 0.5) is 11.4 Å². The highest BCUT2D eigenvalue weighted by atomic mass is 15.1. The van der Waals surface area contributed by atoms with Gasteiger partial charge in [0.15, 0.2) is 0 Å². The summed E-state index contributed by atoms with van der Waals surface area (Å²) in [6.07, 6.45) is 5.49. The molecule has 1 aliphatic heterocycles. The summed E-state index contributed by atoms with van der Waals surface area (Å²) >= 11 is 0. The van der Waals surface area contributed by atoms with Gasteiger partial charge in [0.2, 0.25) is 0 Å². The molecule has 1 aromatic carbocycles. The fourth-order valence-corrected chi connectivity index (χ4v) is 2.34. The van der Waals surface area contributed by atoms with E-state index in [1.54, 1.807) is 0 Å². The topological polar surface area (TPSA) is 24.1 Å². The van der Waals surface area contributed by atoms with Crippen molar-refractivity contribution in [3.8, 4) is 0 Å². The van der Waals surface area contributed by atoms with Crippen LogP contribution in [-0.4, -0.2) is 0 Å². The predicted octanol–water partition coefficient (Wildman–Crippen LogP) is 3.72. The van der Waals surface area contributed by atoms with Gasteiger partial charge >= 0.3 is 0 Å². The first-order chi connectivity index (χ1) is 7.67. The Hall–Kier alpha value is -1.70. The molecule has 2 aliphatic rings. The molecule has 0 aromatic heterocycles. The van der Waals surface area contributed by atoms with Gasteiger partial charge < -0.3 is 10.6 Å². The number of benzene rings is 1. The first kappa shape index (κ1) is 9.52. The lowest BCUT2D eigenvalue weighted by Crippen LogP contribution is -2.29. The monoisotopic (exact) mass is 212 g/mol. The Morgan fingerprint density at radius 2 is 1.75 bits per heavy atom. The number of allylic oxidation sites excluding steroid dienone is 3. The number of rotatable bonds is 0. The van der Waals surface area contributed by atoms with Gasteiger partial charge in [-0.3, -0.25) is 0 Å². The zero-order valence-electron chi connectivity index (χ0n) is 9.67. The highest BCUT2D eigenvalue weighted by Crippen LogP contribution is 2.41. The summed E-state index contributed by atoms with van der Waals surface area (Å²) in [6, 6.07) is 8.32. The van der Waals surface area contributed by atoms with Crippen molar-refractivity contribution in [2.24, 2.45) is 5.41 Å². The molecule has 0 saturated heterocycles. The van der Waals surface area contributed by atoms with E-state index in [9.17, 15) is 0 Å². The Morgan fingerprint density at radius 3 is 2.50 bits per heavy atom. The summed E-state index contributed by atoms with van der Waals surface area (Å²) in [5.41, 5.74) is 5.02. The highest BCUT2D eigenvalue weighted by molar-refractivity contribution is 5.77. The summed E-state index contributed by atoms with van der Waals surface area (Å²) in [5.74, 6) is 0. The van der Waals surface area contributed by atoms with Gasteiger partial charge in [0.25, 0.3) is 0 Å². The van der Waals surface area contributed by atoms with Gasteiger partial charge in [0.05, 0.1) is 17.1 Å². The maximum atomic E-state index is 3.56. The fraction of sp³-hybridized carbons (Fsp3) is 0.286. The molecule has 0 saturated carbocycles. The number of fused-ring (bicyclic) bond motifs is 1. The van der Waals surface area contributed by atoms with Crippen LogP contribution in [0.15, 0.2) is 47.8 Å². The average Bonchev–Trinajstić information content (AvgIpc) is 2.27. The normalized spacial score (nSPS) is 20.6. The quantitative estimate of drug-likeness (QED) is 0.685. The summed E-state index contributed by atoms with van der Waals surface area (Å²) in [5, 5.41) is 7.04. The Labute approximate surface area is 96.1 Å². The van der Waals surface area contributed by atoms with E-state index < -0.39 is 0 Å². The van der Waals surface area contributed by atoms with E-state index in [-0.39, 0.29) is 5.41 Å². The largest absolute Gasteiger partial charge is 0.355 e. The molecule has 1 heterocycles. The first-order valence-electron chi connectivity index (χ1n) is 5.71. The van der Waals surface area contributed by atoms with Crippen molar-refractivity contribution in [3.05, 3.63) is 47.8 Å². The van der Waals surface area contributed by atoms with Crippen molar-refractivity contribution in [2.75, 3.05) is 10.6 Å². The van der Waals surface area contributed by atoms with Crippen LogP contribution in [0.2, 0.25) is 0 Å². The second-order valence-corrected chi connectivity index (χ2v) is 5.07. The molecule has 0 radical (unpaired) electrons. The molecule has 0 amide bonds. The lowest BCUT2D eigenvalue weighted by Gasteiger charge is -2.36. The fourth-order valence-electron chi connectivity index (χ4n) is 2.34. The highest BCUT2D eigenvalue weighted by Gasteiger charge is 2.30. The van der Waals surface area contributed by atoms with Crippen molar-refractivity contribution < 1.29 is 0 Å². The number of nitrogens with one attached hydrogen (secondary N) is 2. The number of hydrogen-bond donors (Lipinski definition) is 2. The molecule has 16 heavy (non-hydrogen) atoms. The molecule has 0 bridgehead atoms.